The van der Waals surface area contributed by atoms with Gasteiger partial charge in [-0.3, -0.25) is 0 Å². The van der Waals surface area contributed by atoms with Crippen molar-refractivity contribution in [3.63, 3.8) is 0 Å². The van der Waals surface area contributed by atoms with Crippen molar-refractivity contribution < 1.29 is 22.8 Å². The number of allylic oxidation sites excluding steroid dienone is 1. The summed E-state index contributed by atoms with van der Waals surface area (Å²) in [5.74, 6) is 0.134. The molecule has 0 radical (unpaired) electrons. The van der Waals surface area contributed by atoms with Gasteiger partial charge in [0.05, 0.1) is 12.7 Å². The Morgan fingerprint density at radius 2 is 1.95 bits per heavy atom. The molecule has 112 valence electrons. The van der Waals surface area contributed by atoms with Crippen molar-refractivity contribution in [2.24, 2.45) is 0 Å². The van der Waals surface area contributed by atoms with Crippen LogP contribution in [0.5, 0.6) is 0 Å². The molecule has 5 nitrogen and oxygen atoms in total. The lowest BCUT2D eigenvalue weighted by Gasteiger charge is -2.13. The van der Waals surface area contributed by atoms with Crippen molar-refractivity contribution in [3.8, 4) is 0 Å². The van der Waals surface area contributed by atoms with Crippen LogP contribution in [0.1, 0.15) is 25.3 Å². The fourth-order valence-electron chi connectivity index (χ4n) is 1.57. The lowest BCUT2D eigenvalue weighted by atomic mass is 10.2. The molecule has 1 rings (SSSR count). The minimum atomic E-state index is -3.91. The summed E-state index contributed by atoms with van der Waals surface area (Å²) in [5, 5.41) is 18.2. The van der Waals surface area contributed by atoms with Crippen molar-refractivity contribution in [1.29, 1.82) is 0 Å². The van der Waals surface area contributed by atoms with E-state index in [0.29, 0.717) is 6.42 Å². The molecule has 1 aromatic carbocycles. The third-order valence-corrected chi connectivity index (χ3v) is 3.89. The van der Waals surface area contributed by atoms with Gasteiger partial charge in [-0.25, -0.2) is 0 Å². The maximum atomic E-state index is 12.1. The first-order chi connectivity index (χ1) is 9.39. The molecule has 0 saturated carbocycles. The van der Waals surface area contributed by atoms with Crippen LogP contribution in [-0.4, -0.2) is 31.3 Å². The summed E-state index contributed by atoms with van der Waals surface area (Å²) >= 11 is 0. The van der Waals surface area contributed by atoms with Gasteiger partial charge in [0.2, 0.25) is 0 Å². The smallest absolute Gasteiger partial charge is 0.338 e. The van der Waals surface area contributed by atoms with Gasteiger partial charge in [0.1, 0.15) is 10.7 Å². The number of aliphatic hydroxyl groups excluding tert-OH is 2. The van der Waals surface area contributed by atoms with E-state index in [-0.39, 0.29) is 17.1 Å². The van der Waals surface area contributed by atoms with E-state index in [1.165, 1.54) is 12.1 Å². The summed E-state index contributed by atoms with van der Waals surface area (Å²) in [4.78, 5) is 0.0589. The van der Waals surface area contributed by atoms with E-state index in [0.717, 1.165) is 5.56 Å². The quantitative estimate of drug-likeness (QED) is 0.592. The molecule has 0 fully saturated rings. The van der Waals surface area contributed by atoms with Gasteiger partial charge < -0.3 is 14.4 Å². The number of hydrogen-bond donors (Lipinski definition) is 2. The molecule has 1 atom stereocenters. The van der Waals surface area contributed by atoms with Crippen LogP contribution in [0.25, 0.3) is 0 Å². The van der Waals surface area contributed by atoms with E-state index >= 15 is 0 Å². The fraction of sp³-hybridized carbons (Fsp3) is 0.429. The van der Waals surface area contributed by atoms with Crippen molar-refractivity contribution in [1.82, 2.24) is 0 Å². The highest BCUT2D eigenvalue weighted by atomic mass is 32.2. The summed E-state index contributed by atoms with van der Waals surface area (Å²) in [7, 11) is -3.91. The second kappa shape index (κ2) is 7.42. The Kier molecular flexibility index (Phi) is 6.19. The van der Waals surface area contributed by atoms with Gasteiger partial charge >= 0.3 is 10.1 Å². The maximum Gasteiger partial charge on any atom is 0.338 e. The number of hydrogen-bond acceptors (Lipinski definition) is 5. The first-order valence-electron chi connectivity index (χ1n) is 6.38. The number of aryl methyl sites for hydroxylation is 1. The Bertz CT molecular complexity index is 545. The third-order valence-electron chi connectivity index (χ3n) is 2.61. The number of rotatable bonds is 7. The summed E-state index contributed by atoms with van der Waals surface area (Å²) in [6, 6.07) is 6.30. The molecule has 1 unspecified atom stereocenters. The Morgan fingerprint density at radius 1 is 1.35 bits per heavy atom. The average molecular weight is 300 g/mol. The second-order valence-electron chi connectivity index (χ2n) is 4.47. The molecule has 0 aliphatic heterocycles. The molecular weight excluding hydrogens is 280 g/mol. The van der Waals surface area contributed by atoms with Crippen LogP contribution in [0.2, 0.25) is 0 Å². The number of aliphatic hydroxyl groups is 2. The van der Waals surface area contributed by atoms with E-state index in [4.69, 9.17) is 9.29 Å². The second-order valence-corrected chi connectivity index (χ2v) is 6.02. The highest BCUT2D eigenvalue weighted by Crippen LogP contribution is 2.19. The topological polar surface area (TPSA) is 83.8 Å². The van der Waals surface area contributed by atoms with E-state index in [9.17, 15) is 13.5 Å². The zero-order valence-corrected chi connectivity index (χ0v) is 12.4. The standard InChI is InChI=1S/C14H20O5S/c1-3-4-13(9-12(16)10-15)19-20(17,18)14-7-5-11(2)6-8-14/h4-8,12,15-16H,3,9-10H2,1-2H3. The van der Waals surface area contributed by atoms with E-state index < -0.39 is 22.8 Å². The Labute approximate surface area is 119 Å². The predicted octanol–water partition coefficient (Wildman–Crippen LogP) is 1.74. The fourth-order valence-corrected chi connectivity index (χ4v) is 2.55. The third kappa shape index (κ3) is 4.96. The largest absolute Gasteiger partial charge is 0.394 e. The minimum absolute atomic E-state index is 0.0462. The van der Waals surface area contributed by atoms with Crippen molar-refractivity contribution in [2.45, 2.75) is 37.7 Å². The molecule has 0 aromatic heterocycles. The minimum Gasteiger partial charge on any atom is -0.394 e. The first kappa shape index (κ1) is 16.7. The van der Waals surface area contributed by atoms with Crippen LogP contribution in [-0.2, 0) is 14.3 Å². The van der Waals surface area contributed by atoms with Crippen LogP contribution in [0, 0.1) is 6.92 Å². The molecule has 0 aliphatic rings. The molecule has 0 heterocycles. The lowest BCUT2D eigenvalue weighted by Crippen LogP contribution is -2.16. The van der Waals surface area contributed by atoms with Gasteiger partial charge in [-0.05, 0) is 31.6 Å². The molecule has 0 amide bonds. The van der Waals surface area contributed by atoms with Crippen LogP contribution < -0.4 is 0 Å². The van der Waals surface area contributed by atoms with Crippen molar-refractivity contribution in [3.05, 3.63) is 41.7 Å². The highest BCUT2D eigenvalue weighted by Gasteiger charge is 2.19. The van der Waals surface area contributed by atoms with Gasteiger partial charge in [-0.1, -0.05) is 24.6 Å². The van der Waals surface area contributed by atoms with Crippen molar-refractivity contribution >= 4 is 10.1 Å². The Hall–Kier alpha value is -1.37. The van der Waals surface area contributed by atoms with Gasteiger partial charge in [-0.2, -0.15) is 8.42 Å². The monoisotopic (exact) mass is 300 g/mol. The summed E-state index contributed by atoms with van der Waals surface area (Å²) < 4.78 is 29.2. The molecule has 0 spiro atoms. The lowest BCUT2D eigenvalue weighted by molar-refractivity contribution is 0.0881. The molecule has 20 heavy (non-hydrogen) atoms. The zero-order chi connectivity index (χ0) is 15.2. The zero-order valence-electron chi connectivity index (χ0n) is 11.6. The van der Waals surface area contributed by atoms with Crippen LogP contribution in [0.3, 0.4) is 0 Å². The van der Waals surface area contributed by atoms with Gasteiger partial charge in [0.15, 0.2) is 0 Å². The average Bonchev–Trinajstić information content (AvgIpc) is 2.38. The van der Waals surface area contributed by atoms with Crippen molar-refractivity contribution in [2.75, 3.05) is 6.61 Å². The van der Waals surface area contributed by atoms with E-state index in [2.05, 4.69) is 0 Å². The number of benzene rings is 1. The molecule has 0 bridgehead atoms. The molecule has 1 aromatic rings. The summed E-state index contributed by atoms with van der Waals surface area (Å²) in [5.41, 5.74) is 0.948. The van der Waals surface area contributed by atoms with Crippen LogP contribution in [0.4, 0.5) is 0 Å². The molecule has 0 aliphatic carbocycles. The summed E-state index contributed by atoms with van der Waals surface area (Å²) in [6.45, 7) is 3.24. The molecule has 6 heteroatoms. The van der Waals surface area contributed by atoms with Crippen LogP contribution >= 0.6 is 0 Å². The predicted molar refractivity (Wildman–Crippen MR) is 75.5 cm³/mol. The Balaban J connectivity index is 2.92. The summed E-state index contributed by atoms with van der Waals surface area (Å²) in [6.07, 6.45) is 1.05. The Morgan fingerprint density at radius 3 is 2.45 bits per heavy atom. The molecular formula is C14H20O5S. The highest BCUT2D eigenvalue weighted by molar-refractivity contribution is 7.86. The van der Waals surface area contributed by atoms with Crippen LogP contribution in [0.15, 0.2) is 41.0 Å². The molecule has 2 N–H and O–H groups in total. The van der Waals surface area contributed by atoms with Gasteiger partial charge in [-0.15, -0.1) is 0 Å². The first-order valence-corrected chi connectivity index (χ1v) is 7.79. The van der Waals surface area contributed by atoms with Gasteiger partial charge in [0, 0.05) is 6.42 Å². The van der Waals surface area contributed by atoms with Gasteiger partial charge in [0.25, 0.3) is 0 Å². The normalized spacial score (nSPS) is 14.1. The SMILES string of the molecule is CCC=C(CC(O)CO)OS(=O)(=O)c1ccc(C)cc1. The molecule has 0 saturated heterocycles. The maximum absolute atomic E-state index is 12.1. The van der Waals surface area contributed by atoms with E-state index in [1.807, 2.05) is 13.8 Å². The van der Waals surface area contributed by atoms with E-state index in [1.54, 1.807) is 18.2 Å².